The van der Waals surface area contributed by atoms with E-state index in [0.29, 0.717) is 16.3 Å². The molecule has 128 valence electrons. The molecule has 1 N–H and O–H groups in total. The minimum absolute atomic E-state index is 0.0360. The molecule has 0 aliphatic heterocycles. The van der Waals surface area contributed by atoms with Gasteiger partial charge >= 0.3 is 5.97 Å². The molecule has 6 nitrogen and oxygen atoms in total. The van der Waals surface area contributed by atoms with E-state index < -0.39 is 27.3 Å². The number of carboxylic acids is 1. The van der Waals surface area contributed by atoms with E-state index in [1.54, 1.807) is 6.07 Å². The number of ether oxygens (including phenoxy) is 1. The molecule has 0 radical (unpaired) electrons. The first-order valence-corrected chi connectivity index (χ1v) is 8.76. The number of benzene rings is 2. The molecule has 0 aliphatic rings. The second-order valence-electron chi connectivity index (χ2n) is 4.83. The van der Waals surface area contributed by atoms with Gasteiger partial charge in [-0.3, -0.25) is 0 Å². The van der Waals surface area contributed by atoms with Crippen molar-refractivity contribution in [3.8, 4) is 11.8 Å². The van der Waals surface area contributed by atoms with Crippen molar-refractivity contribution in [1.29, 1.82) is 5.26 Å². The molecule has 0 saturated heterocycles. The lowest BCUT2D eigenvalue weighted by atomic mass is 10.2. The molecule has 0 saturated carbocycles. The average Bonchev–Trinajstić information content (AvgIpc) is 2.59. The first-order chi connectivity index (χ1) is 11.8. The van der Waals surface area contributed by atoms with Gasteiger partial charge in [-0.1, -0.05) is 23.7 Å². The summed E-state index contributed by atoms with van der Waals surface area (Å²) in [7, 11) is -3.97. The number of nitriles is 1. The third-order valence-electron chi connectivity index (χ3n) is 3.06. The third kappa shape index (κ3) is 4.83. The molecular formula is C17H12ClNO5S. The third-order valence-corrected chi connectivity index (χ3v) is 5.00. The van der Waals surface area contributed by atoms with Crippen LogP contribution in [-0.2, 0) is 14.6 Å². The van der Waals surface area contributed by atoms with Crippen LogP contribution >= 0.6 is 11.6 Å². The monoisotopic (exact) mass is 377 g/mol. The lowest BCUT2D eigenvalue weighted by Gasteiger charge is -2.05. The highest BCUT2D eigenvalue weighted by molar-refractivity contribution is 7.95. The maximum atomic E-state index is 12.5. The van der Waals surface area contributed by atoms with Crippen LogP contribution in [0.2, 0.25) is 5.02 Å². The van der Waals surface area contributed by atoms with Gasteiger partial charge in [0.25, 0.3) is 0 Å². The van der Waals surface area contributed by atoms with Gasteiger partial charge in [0.15, 0.2) is 6.61 Å². The molecule has 0 heterocycles. The number of halogens is 1. The van der Waals surface area contributed by atoms with Crippen molar-refractivity contribution >= 4 is 33.5 Å². The van der Waals surface area contributed by atoms with E-state index in [2.05, 4.69) is 0 Å². The van der Waals surface area contributed by atoms with Crippen LogP contribution in [0.5, 0.6) is 5.75 Å². The van der Waals surface area contributed by atoms with Crippen LogP contribution in [0.25, 0.3) is 6.08 Å². The zero-order valence-corrected chi connectivity index (χ0v) is 14.3. The van der Waals surface area contributed by atoms with Crippen LogP contribution < -0.4 is 4.74 Å². The van der Waals surface area contributed by atoms with Gasteiger partial charge in [-0.15, -0.1) is 0 Å². The van der Waals surface area contributed by atoms with Gasteiger partial charge in [-0.25, -0.2) is 13.2 Å². The van der Waals surface area contributed by atoms with Crippen molar-refractivity contribution in [2.24, 2.45) is 0 Å². The van der Waals surface area contributed by atoms with E-state index >= 15 is 0 Å². The molecule has 0 aromatic heterocycles. The largest absolute Gasteiger partial charge is 0.482 e. The van der Waals surface area contributed by atoms with Gasteiger partial charge in [0, 0.05) is 5.02 Å². The van der Waals surface area contributed by atoms with Crippen molar-refractivity contribution in [2.45, 2.75) is 4.90 Å². The topological polar surface area (TPSA) is 104 Å². The van der Waals surface area contributed by atoms with Crippen LogP contribution in [-0.4, -0.2) is 26.1 Å². The fraction of sp³-hybridized carbons (Fsp3) is 0.0588. The first-order valence-electron chi connectivity index (χ1n) is 6.90. The second-order valence-corrected chi connectivity index (χ2v) is 7.18. The molecule has 0 bridgehead atoms. The molecule has 2 rings (SSSR count). The van der Waals surface area contributed by atoms with Crippen molar-refractivity contribution in [2.75, 3.05) is 6.61 Å². The van der Waals surface area contributed by atoms with Crippen LogP contribution in [0.15, 0.2) is 58.3 Å². The Morgan fingerprint density at radius 3 is 2.28 bits per heavy atom. The number of hydrogen-bond acceptors (Lipinski definition) is 5. The Bertz CT molecular complexity index is 942. The highest BCUT2D eigenvalue weighted by Crippen LogP contribution is 2.23. The second kappa shape index (κ2) is 7.83. The lowest BCUT2D eigenvalue weighted by Crippen LogP contribution is -2.09. The van der Waals surface area contributed by atoms with Gasteiger partial charge < -0.3 is 9.84 Å². The summed E-state index contributed by atoms with van der Waals surface area (Å²) in [5, 5.41) is 18.2. The van der Waals surface area contributed by atoms with Gasteiger partial charge in [0.2, 0.25) is 9.84 Å². The predicted octanol–water partition coefficient (Wildman–Crippen LogP) is 3.14. The summed E-state index contributed by atoms with van der Waals surface area (Å²) in [6.45, 7) is -0.483. The van der Waals surface area contributed by atoms with Crippen molar-refractivity contribution in [3.05, 3.63) is 64.0 Å². The number of allylic oxidation sites excluding steroid dienone is 1. The molecule has 0 fully saturated rings. The van der Waals surface area contributed by atoms with Gasteiger partial charge in [0.05, 0.1) is 4.90 Å². The molecule has 0 amide bonds. The molecule has 8 heteroatoms. The normalized spacial score (nSPS) is 11.6. The number of carbonyl (C=O) groups is 1. The van der Waals surface area contributed by atoms with E-state index in [0.717, 1.165) is 0 Å². The number of hydrogen-bond donors (Lipinski definition) is 1. The molecule has 0 aliphatic carbocycles. The van der Waals surface area contributed by atoms with E-state index in [1.807, 2.05) is 0 Å². The molecule has 2 aromatic carbocycles. The van der Waals surface area contributed by atoms with Gasteiger partial charge in [-0.2, -0.15) is 5.26 Å². The molecule has 0 unspecified atom stereocenters. The zero-order valence-electron chi connectivity index (χ0n) is 12.7. The summed E-state index contributed by atoms with van der Waals surface area (Å²) in [6, 6.07) is 13.2. The lowest BCUT2D eigenvalue weighted by molar-refractivity contribution is -0.139. The number of nitrogens with zero attached hydrogens (tertiary/aromatic N) is 1. The number of rotatable bonds is 6. The Labute approximate surface area is 149 Å². The average molecular weight is 378 g/mol. The summed E-state index contributed by atoms with van der Waals surface area (Å²) in [4.78, 5) is 9.99. The van der Waals surface area contributed by atoms with E-state index in [4.69, 9.17) is 21.4 Å². The molecule has 0 atom stereocenters. The Balaban J connectivity index is 2.29. The maximum absolute atomic E-state index is 12.5. The predicted molar refractivity (Wildman–Crippen MR) is 91.8 cm³/mol. The van der Waals surface area contributed by atoms with Crippen LogP contribution in [0.3, 0.4) is 0 Å². The van der Waals surface area contributed by atoms with Crippen LogP contribution in [0, 0.1) is 11.3 Å². The van der Waals surface area contributed by atoms with Crippen LogP contribution in [0.4, 0.5) is 0 Å². The maximum Gasteiger partial charge on any atom is 0.341 e. The molecule has 2 aromatic rings. The van der Waals surface area contributed by atoms with E-state index in [9.17, 15) is 18.5 Å². The number of carboxylic acid groups (broad SMARTS) is 1. The summed E-state index contributed by atoms with van der Waals surface area (Å²) < 4.78 is 30.0. The van der Waals surface area contributed by atoms with E-state index in [-0.39, 0.29) is 4.90 Å². The standard InChI is InChI=1S/C17H12ClNO5S/c18-13-3-7-15(8-4-13)25(22,23)16(10-19)9-12-1-5-14(6-2-12)24-11-17(20)21/h1-9H,11H2,(H,20,21)/b16-9-. The number of aliphatic carboxylic acids is 1. The zero-order chi connectivity index (χ0) is 18.4. The quantitative estimate of drug-likeness (QED) is 0.775. The molecule has 0 spiro atoms. The van der Waals surface area contributed by atoms with Gasteiger partial charge in [0.1, 0.15) is 16.7 Å². The molecular weight excluding hydrogens is 366 g/mol. The Hall–Kier alpha value is -2.82. The number of sulfone groups is 1. The Morgan fingerprint density at radius 1 is 1.16 bits per heavy atom. The first kappa shape index (κ1) is 18.5. The van der Waals surface area contributed by atoms with Crippen LogP contribution in [0.1, 0.15) is 5.56 Å². The fourth-order valence-electron chi connectivity index (χ4n) is 1.87. The summed E-state index contributed by atoms with van der Waals surface area (Å²) >= 11 is 5.74. The minimum Gasteiger partial charge on any atom is -0.482 e. The summed E-state index contributed by atoms with van der Waals surface area (Å²) in [6.07, 6.45) is 1.23. The SMILES string of the molecule is N#C/C(=C/c1ccc(OCC(=O)O)cc1)S(=O)(=O)c1ccc(Cl)cc1. The van der Waals surface area contributed by atoms with Crippen molar-refractivity contribution in [3.63, 3.8) is 0 Å². The smallest absolute Gasteiger partial charge is 0.341 e. The highest BCUT2D eigenvalue weighted by Gasteiger charge is 2.20. The fourth-order valence-corrected chi connectivity index (χ4v) is 3.15. The highest BCUT2D eigenvalue weighted by atomic mass is 35.5. The Kier molecular flexibility index (Phi) is 5.80. The van der Waals surface area contributed by atoms with Crippen molar-refractivity contribution < 1.29 is 23.1 Å². The Morgan fingerprint density at radius 2 is 1.76 bits per heavy atom. The summed E-state index contributed by atoms with van der Waals surface area (Å²) in [5.41, 5.74) is 0.455. The van der Waals surface area contributed by atoms with Gasteiger partial charge in [-0.05, 0) is 48.0 Å². The van der Waals surface area contributed by atoms with Crippen molar-refractivity contribution in [1.82, 2.24) is 0 Å². The molecule has 25 heavy (non-hydrogen) atoms. The summed E-state index contributed by atoms with van der Waals surface area (Å²) in [5.74, 6) is -0.789. The van der Waals surface area contributed by atoms with E-state index in [1.165, 1.54) is 54.6 Å². The minimum atomic E-state index is -3.97.